The standard InChI is InChI=1S/C14H21N3O3/c1-4-6-11(5-2)16-14(18)10-7-8-12(15-3)13(9-10)17(19)20/h7-9,11,15H,4-6H2,1-3H3,(H,16,18). The Labute approximate surface area is 118 Å². The highest BCUT2D eigenvalue weighted by molar-refractivity contribution is 5.95. The number of nitrogens with one attached hydrogen (secondary N) is 2. The lowest BCUT2D eigenvalue weighted by molar-refractivity contribution is -0.384. The van der Waals surface area contributed by atoms with E-state index in [1.165, 1.54) is 6.07 Å². The molecular weight excluding hydrogens is 258 g/mol. The number of rotatable bonds is 7. The summed E-state index contributed by atoms with van der Waals surface area (Å²) in [5.74, 6) is -0.268. The van der Waals surface area contributed by atoms with Crippen LogP contribution in [0.1, 0.15) is 43.5 Å². The van der Waals surface area contributed by atoms with E-state index < -0.39 is 4.92 Å². The summed E-state index contributed by atoms with van der Waals surface area (Å²) in [5, 5.41) is 16.6. The summed E-state index contributed by atoms with van der Waals surface area (Å²) in [5.41, 5.74) is 0.612. The Morgan fingerprint density at radius 3 is 2.60 bits per heavy atom. The van der Waals surface area contributed by atoms with Crippen LogP contribution in [0.3, 0.4) is 0 Å². The van der Waals surface area contributed by atoms with Crippen molar-refractivity contribution < 1.29 is 9.72 Å². The second kappa shape index (κ2) is 7.47. The Morgan fingerprint density at radius 1 is 1.40 bits per heavy atom. The van der Waals surface area contributed by atoms with Gasteiger partial charge in [0, 0.05) is 24.7 Å². The maximum Gasteiger partial charge on any atom is 0.293 e. The lowest BCUT2D eigenvalue weighted by Crippen LogP contribution is -2.34. The quantitative estimate of drug-likeness (QED) is 0.593. The Bertz CT molecular complexity index is 489. The van der Waals surface area contributed by atoms with Crippen LogP contribution in [-0.2, 0) is 0 Å². The third-order valence-electron chi connectivity index (χ3n) is 3.19. The van der Waals surface area contributed by atoms with Crippen molar-refractivity contribution in [3.05, 3.63) is 33.9 Å². The Kier molecular flexibility index (Phi) is 5.96. The molecule has 0 aliphatic heterocycles. The smallest absolute Gasteiger partial charge is 0.293 e. The van der Waals surface area contributed by atoms with E-state index in [0.29, 0.717) is 11.3 Å². The number of carbonyl (C=O) groups excluding carboxylic acids is 1. The minimum atomic E-state index is -0.494. The molecule has 0 bridgehead atoms. The van der Waals surface area contributed by atoms with Gasteiger partial charge in [0.2, 0.25) is 0 Å². The summed E-state index contributed by atoms with van der Waals surface area (Å²) < 4.78 is 0. The molecule has 1 aromatic rings. The molecule has 0 radical (unpaired) electrons. The minimum Gasteiger partial charge on any atom is -0.383 e. The van der Waals surface area contributed by atoms with Gasteiger partial charge in [-0.2, -0.15) is 0 Å². The van der Waals surface area contributed by atoms with Gasteiger partial charge in [-0.05, 0) is 25.0 Å². The van der Waals surface area contributed by atoms with Gasteiger partial charge in [0.25, 0.3) is 11.6 Å². The molecule has 0 spiro atoms. The molecule has 6 heteroatoms. The van der Waals surface area contributed by atoms with Crippen LogP contribution in [0.5, 0.6) is 0 Å². The van der Waals surface area contributed by atoms with Crippen LogP contribution in [-0.4, -0.2) is 23.9 Å². The summed E-state index contributed by atoms with van der Waals surface area (Å²) in [6.07, 6.45) is 2.73. The molecule has 0 aliphatic rings. The van der Waals surface area contributed by atoms with E-state index in [9.17, 15) is 14.9 Å². The first kappa shape index (κ1) is 15.9. The van der Waals surface area contributed by atoms with E-state index in [0.717, 1.165) is 19.3 Å². The fourth-order valence-corrected chi connectivity index (χ4v) is 2.03. The molecule has 0 saturated carbocycles. The molecule has 1 atom stereocenters. The van der Waals surface area contributed by atoms with E-state index in [2.05, 4.69) is 17.6 Å². The molecule has 0 saturated heterocycles. The molecule has 0 aliphatic carbocycles. The average Bonchev–Trinajstić information content (AvgIpc) is 2.45. The second-order valence-corrected chi connectivity index (χ2v) is 4.61. The highest BCUT2D eigenvalue weighted by atomic mass is 16.6. The van der Waals surface area contributed by atoms with Crippen LogP contribution in [0.25, 0.3) is 0 Å². The summed E-state index contributed by atoms with van der Waals surface area (Å²) in [7, 11) is 1.61. The van der Waals surface area contributed by atoms with Gasteiger partial charge in [0.05, 0.1) is 4.92 Å². The van der Waals surface area contributed by atoms with Crippen molar-refractivity contribution in [1.82, 2.24) is 5.32 Å². The minimum absolute atomic E-state index is 0.0938. The summed E-state index contributed by atoms with van der Waals surface area (Å²) >= 11 is 0. The predicted molar refractivity (Wildman–Crippen MR) is 79.1 cm³/mol. The van der Waals surface area contributed by atoms with Crippen molar-refractivity contribution in [2.45, 2.75) is 39.2 Å². The van der Waals surface area contributed by atoms with Crippen molar-refractivity contribution in [1.29, 1.82) is 0 Å². The zero-order chi connectivity index (χ0) is 15.1. The Balaban J connectivity index is 2.93. The van der Waals surface area contributed by atoms with E-state index in [1.54, 1.807) is 19.2 Å². The van der Waals surface area contributed by atoms with Gasteiger partial charge in [0.15, 0.2) is 0 Å². The van der Waals surface area contributed by atoms with Crippen molar-refractivity contribution in [2.24, 2.45) is 0 Å². The molecule has 1 aromatic carbocycles. The summed E-state index contributed by atoms with van der Waals surface area (Å²) in [6, 6.07) is 4.55. The van der Waals surface area contributed by atoms with Crippen LogP contribution in [0, 0.1) is 10.1 Å². The number of anilines is 1. The van der Waals surface area contributed by atoms with E-state index in [1.807, 2.05) is 6.92 Å². The van der Waals surface area contributed by atoms with Gasteiger partial charge < -0.3 is 10.6 Å². The molecule has 1 unspecified atom stereocenters. The number of carbonyl (C=O) groups is 1. The number of hydrogen-bond acceptors (Lipinski definition) is 4. The summed E-state index contributed by atoms with van der Waals surface area (Å²) in [4.78, 5) is 22.6. The molecule has 0 aromatic heterocycles. The van der Waals surface area contributed by atoms with Gasteiger partial charge in [-0.1, -0.05) is 20.3 Å². The molecule has 0 fully saturated rings. The van der Waals surface area contributed by atoms with E-state index in [4.69, 9.17) is 0 Å². The highest BCUT2D eigenvalue weighted by Crippen LogP contribution is 2.25. The van der Waals surface area contributed by atoms with Gasteiger partial charge in [-0.25, -0.2) is 0 Å². The van der Waals surface area contributed by atoms with Crippen LogP contribution in [0.2, 0.25) is 0 Å². The van der Waals surface area contributed by atoms with Gasteiger partial charge in [-0.3, -0.25) is 14.9 Å². The zero-order valence-electron chi connectivity index (χ0n) is 12.1. The van der Waals surface area contributed by atoms with Crippen molar-refractivity contribution in [3.8, 4) is 0 Å². The third kappa shape index (κ3) is 3.94. The monoisotopic (exact) mass is 279 g/mol. The normalized spacial score (nSPS) is 11.8. The van der Waals surface area contributed by atoms with Crippen LogP contribution in [0.4, 0.5) is 11.4 Å². The van der Waals surface area contributed by atoms with Crippen molar-refractivity contribution >= 4 is 17.3 Å². The largest absolute Gasteiger partial charge is 0.383 e. The number of amides is 1. The molecular formula is C14H21N3O3. The third-order valence-corrected chi connectivity index (χ3v) is 3.19. The molecule has 2 N–H and O–H groups in total. The summed E-state index contributed by atoms with van der Waals surface area (Å²) in [6.45, 7) is 4.06. The number of benzene rings is 1. The number of nitro benzene ring substituents is 1. The SMILES string of the molecule is CCCC(CC)NC(=O)c1ccc(NC)c([N+](=O)[O-])c1. The Morgan fingerprint density at radius 2 is 2.10 bits per heavy atom. The van der Waals surface area contributed by atoms with Gasteiger partial charge in [0.1, 0.15) is 5.69 Å². The maximum absolute atomic E-state index is 12.1. The van der Waals surface area contributed by atoms with E-state index >= 15 is 0 Å². The Hall–Kier alpha value is -2.11. The topological polar surface area (TPSA) is 84.3 Å². The van der Waals surface area contributed by atoms with Crippen LogP contribution in [0.15, 0.2) is 18.2 Å². The fraction of sp³-hybridized carbons (Fsp3) is 0.500. The van der Waals surface area contributed by atoms with E-state index in [-0.39, 0.29) is 17.6 Å². The van der Waals surface area contributed by atoms with Crippen molar-refractivity contribution in [2.75, 3.05) is 12.4 Å². The maximum atomic E-state index is 12.1. The van der Waals surface area contributed by atoms with Crippen LogP contribution >= 0.6 is 0 Å². The first-order chi connectivity index (χ1) is 9.53. The molecule has 1 rings (SSSR count). The molecule has 6 nitrogen and oxygen atoms in total. The predicted octanol–water partition coefficient (Wildman–Crippen LogP) is 2.95. The number of hydrogen-bond donors (Lipinski definition) is 2. The van der Waals surface area contributed by atoms with Crippen molar-refractivity contribution in [3.63, 3.8) is 0 Å². The number of nitro groups is 1. The molecule has 1 amide bonds. The molecule has 0 heterocycles. The first-order valence-corrected chi connectivity index (χ1v) is 6.80. The average molecular weight is 279 g/mol. The first-order valence-electron chi connectivity index (χ1n) is 6.80. The highest BCUT2D eigenvalue weighted by Gasteiger charge is 2.18. The van der Waals surface area contributed by atoms with Gasteiger partial charge in [-0.15, -0.1) is 0 Å². The van der Waals surface area contributed by atoms with Crippen LogP contribution < -0.4 is 10.6 Å². The lowest BCUT2D eigenvalue weighted by atomic mass is 10.1. The lowest BCUT2D eigenvalue weighted by Gasteiger charge is -2.16. The second-order valence-electron chi connectivity index (χ2n) is 4.61. The zero-order valence-corrected chi connectivity index (χ0v) is 12.1. The molecule has 20 heavy (non-hydrogen) atoms. The van der Waals surface area contributed by atoms with Gasteiger partial charge >= 0.3 is 0 Å². The fourth-order valence-electron chi connectivity index (χ4n) is 2.03. The molecule has 110 valence electrons. The number of nitrogens with zero attached hydrogens (tertiary/aromatic N) is 1.